The van der Waals surface area contributed by atoms with Crippen LogP contribution in [0.15, 0.2) is 101 Å². The van der Waals surface area contributed by atoms with E-state index < -0.39 is 0 Å². The van der Waals surface area contributed by atoms with Crippen LogP contribution in [-0.4, -0.2) is 18.5 Å². The molecule has 1 N–H and O–H groups in total. The molecule has 3 heteroatoms. The largest absolute Gasteiger partial charge is 0.382 e. The Hall–Kier alpha value is -3.20. The molecule has 27 heavy (non-hydrogen) atoms. The minimum absolute atomic E-state index is 0.551. The van der Waals surface area contributed by atoms with Gasteiger partial charge in [0, 0.05) is 12.2 Å². The van der Waals surface area contributed by atoms with Gasteiger partial charge in [-0.15, -0.1) is 0 Å². The Labute approximate surface area is 161 Å². The zero-order chi connectivity index (χ0) is 18.9. The molecule has 2 aromatic rings. The van der Waals surface area contributed by atoms with E-state index in [4.69, 9.17) is 0 Å². The van der Waals surface area contributed by atoms with E-state index in [1.165, 1.54) is 5.56 Å². The molecule has 0 atom stereocenters. The standard InChI is InChI=1S/C24H25N3/c1-19(2)21-12-14-23(15-13-21)25-17-16-22-10-6-7-11-24(22)27-26-18-20-8-4-3-5-9-20/h3-16,18-19,25H,17H2,1-2H3/b22-16+,26-18+,27-24-. The van der Waals surface area contributed by atoms with Crippen molar-refractivity contribution >= 4 is 17.6 Å². The summed E-state index contributed by atoms with van der Waals surface area (Å²) in [5, 5.41) is 12.0. The maximum Gasteiger partial charge on any atom is 0.0926 e. The van der Waals surface area contributed by atoms with Crippen molar-refractivity contribution in [1.29, 1.82) is 0 Å². The second-order valence-corrected chi connectivity index (χ2v) is 6.68. The van der Waals surface area contributed by atoms with Gasteiger partial charge in [-0.2, -0.15) is 10.2 Å². The lowest BCUT2D eigenvalue weighted by Crippen LogP contribution is -2.05. The highest BCUT2D eigenvalue weighted by molar-refractivity contribution is 6.11. The molecule has 1 aliphatic rings. The fraction of sp³-hybridized carbons (Fsp3) is 0.167. The third-order valence-electron chi connectivity index (χ3n) is 4.31. The highest BCUT2D eigenvalue weighted by Crippen LogP contribution is 2.17. The first-order valence-electron chi connectivity index (χ1n) is 9.27. The van der Waals surface area contributed by atoms with Gasteiger partial charge in [0.05, 0.1) is 11.9 Å². The predicted molar refractivity (Wildman–Crippen MR) is 117 cm³/mol. The van der Waals surface area contributed by atoms with Crippen LogP contribution in [0.1, 0.15) is 30.9 Å². The summed E-state index contributed by atoms with van der Waals surface area (Å²) < 4.78 is 0. The van der Waals surface area contributed by atoms with Crippen molar-refractivity contribution in [3.05, 3.63) is 102 Å². The van der Waals surface area contributed by atoms with E-state index in [1.54, 1.807) is 6.21 Å². The van der Waals surface area contributed by atoms with Crippen LogP contribution in [0.3, 0.4) is 0 Å². The summed E-state index contributed by atoms with van der Waals surface area (Å²) in [5.74, 6) is 0.551. The number of rotatable bonds is 6. The molecule has 0 saturated heterocycles. The average Bonchev–Trinajstić information content (AvgIpc) is 2.70. The van der Waals surface area contributed by atoms with Crippen LogP contribution in [0, 0.1) is 0 Å². The lowest BCUT2D eigenvalue weighted by Gasteiger charge is -2.09. The highest BCUT2D eigenvalue weighted by Gasteiger charge is 2.03. The molecule has 0 amide bonds. The van der Waals surface area contributed by atoms with Crippen LogP contribution in [0.25, 0.3) is 0 Å². The van der Waals surface area contributed by atoms with Crippen LogP contribution in [-0.2, 0) is 0 Å². The smallest absolute Gasteiger partial charge is 0.0926 e. The third kappa shape index (κ3) is 5.65. The van der Waals surface area contributed by atoms with E-state index >= 15 is 0 Å². The number of hydrogen-bond acceptors (Lipinski definition) is 3. The monoisotopic (exact) mass is 355 g/mol. The molecule has 0 aliphatic heterocycles. The molecule has 0 radical (unpaired) electrons. The van der Waals surface area contributed by atoms with E-state index in [-0.39, 0.29) is 0 Å². The Morgan fingerprint density at radius 1 is 0.926 bits per heavy atom. The number of benzene rings is 2. The van der Waals surface area contributed by atoms with E-state index in [2.05, 4.69) is 65.8 Å². The van der Waals surface area contributed by atoms with Crippen LogP contribution in [0.4, 0.5) is 5.69 Å². The van der Waals surface area contributed by atoms with Gasteiger partial charge >= 0.3 is 0 Å². The molecule has 136 valence electrons. The molecule has 0 bridgehead atoms. The molecule has 0 unspecified atom stereocenters. The van der Waals surface area contributed by atoms with Gasteiger partial charge in [-0.05, 0) is 40.8 Å². The van der Waals surface area contributed by atoms with Crippen molar-refractivity contribution in [3.63, 3.8) is 0 Å². The fourth-order valence-corrected chi connectivity index (χ4v) is 2.71. The molecule has 3 rings (SSSR count). The zero-order valence-corrected chi connectivity index (χ0v) is 15.8. The summed E-state index contributed by atoms with van der Waals surface area (Å²) >= 11 is 0. The summed E-state index contributed by atoms with van der Waals surface area (Å²) in [6.07, 6.45) is 11.9. The van der Waals surface area contributed by atoms with Gasteiger partial charge in [0.15, 0.2) is 0 Å². The molecule has 0 fully saturated rings. The molecule has 0 heterocycles. The first-order chi connectivity index (χ1) is 13.2. The second kappa shape index (κ2) is 9.48. The second-order valence-electron chi connectivity index (χ2n) is 6.68. The summed E-state index contributed by atoms with van der Waals surface area (Å²) in [5.41, 5.74) is 5.43. The Kier molecular flexibility index (Phi) is 6.53. The predicted octanol–water partition coefficient (Wildman–Crippen LogP) is 5.75. The van der Waals surface area contributed by atoms with Gasteiger partial charge in [-0.3, -0.25) is 0 Å². The topological polar surface area (TPSA) is 36.8 Å². The summed E-state index contributed by atoms with van der Waals surface area (Å²) in [7, 11) is 0. The van der Waals surface area contributed by atoms with Crippen molar-refractivity contribution in [3.8, 4) is 0 Å². The minimum Gasteiger partial charge on any atom is -0.382 e. The van der Waals surface area contributed by atoms with Crippen molar-refractivity contribution in [1.82, 2.24) is 0 Å². The van der Waals surface area contributed by atoms with E-state index in [0.29, 0.717) is 5.92 Å². The Bertz CT molecular complexity index is 883. The average molecular weight is 355 g/mol. The van der Waals surface area contributed by atoms with Crippen molar-refractivity contribution in [2.75, 3.05) is 11.9 Å². The zero-order valence-electron chi connectivity index (χ0n) is 15.8. The van der Waals surface area contributed by atoms with Gasteiger partial charge in [-0.1, -0.05) is 80.6 Å². The maximum atomic E-state index is 4.37. The quantitative estimate of drug-likeness (QED) is 0.520. The van der Waals surface area contributed by atoms with Crippen LogP contribution < -0.4 is 5.32 Å². The van der Waals surface area contributed by atoms with Gasteiger partial charge in [-0.25, -0.2) is 0 Å². The number of nitrogens with one attached hydrogen (secondary N) is 1. The number of allylic oxidation sites excluding steroid dienone is 5. The fourth-order valence-electron chi connectivity index (χ4n) is 2.71. The Morgan fingerprint density at radius 3 is 2.41 bits per heavy atom. The highest BCUT2D eigenvalue weighted by atomic mass is 15.2. The third-order valence-corrected chi connectivity index (χ3v) is 4.31. The SMILES string of the molecule is CC(C)c1ccc(NC\C=C2/C=CC=C/C2=N/N=C/c2ccccc2)cc1. The van der Waals surface area contributed by atoms with Gasteiger partial charge in [0.2, 0.25) is 0 Å². The van der Waals surface area contributed by atoms with Crippen molar-refractivity contribution in [2.24, 2.45) is 10.2 Å². The number of hydrogen-bond donors (Lipinski definition) is 1. The molecular weight excluding hydrogens is 330 g/mol. The summed E-state index contributed by atoms with van der Waals surface area (Å²) in [6.45, 7) is 5.14. The Morgan fingerprint density at radius 2 is 1.67 bits per heavy atom. The first-order valence-corrected chi connectivity index (χ1v) is 9.27. The molecule has 0 aromatic heterocycles. The molecule has 0 saturated carbocycles. The lowest BCUT2D eigenvalue weighted by molar-refractivity contribution is 0.867. The molecule has 2 aromatic carbocycles. The van der Waals surface area contributed by atoms with Crippen LogP contribution in [0.2, 0.25) is 0 Å². The van der Waals surface area contributed by atoms with Gasteiger partial charge in [0.1, 0.15) is 0 Å². The normalized spacial score (nSPS) is 16.7. The lowest BCUT2D eigenvalue weighted by atomic mass is 10.0. The van der Waals surface area contributed by atoms with Crippen LogP contribution >= 0.6 is 0 Å². The van der Waals surface area contributed by atoms with Gasteiger partial charge in [0.25, 0.3) is 0 Å². The maximum absolute atomic E-state index is 4.37. The van der Waals surface area contributed by atoms with E-state index in [9.17, 15) is 0 Å². The minimum atomic E-state index is 0.551. The van der Waals surface area contributed by atoms with E-state index in [0.717, 1.165) is 29.1 Å². The first kappa shape index (κ1) is 18.6. The summed E-state index contributed by atoms with van der Waals surface area (Å²) in [6, 6.07) is 18.6. The van der Waals surface area contributed by atoms with Crippen molar-refractivity contribution < 1.29 is 0 Å². The molecule has 0 spiro atoms. The number of nitrogens with zero attached hydrogens (tertiary/aromatic N) is 2. The Balaban J connectivity index is 1.63. The van der Waals surface area contributed by atoms with Crippen molar-refractivity contribution in [2.45, 2.75) is 19.8 Å². The van der Waals surface area contributed by atoms with Gasteiger partial charge < -0.3 is 5.32 Å². The molecule has 1 aliphatic carbocycles. The van der Waals surface area contributed by atoms with Crippen LogP contribution in [0.5, 0.6) is 0 Å². The van der Waals surface area contributed by atoms with E-state index in [1.807, 2.05) is 48.6 Å². The molecular formula is C24H25N3. The number of anilines is 1. The summed E-state index contributed by atoms with van der Waals surface area (Å²) in [4.78, 5) is 0. The molecule has 3 nitrogen and oxygen atoms in total.